The number of hydrogen-bond acceptors (Lipinski definition) is 8. The standard InChI is InChI=1S/C40H78O8/c1-5-6-7-21-26-33(4)27-22-17-13-11-15-19-24-29-46-30-34(31-47-40-38(44)36(42)37(43)39(40)45)48-35(41)28-23-18-14-10-8-9-12-16-20-25-32(2)3/h32-34,36-40,42-45H,5-31H2,1-4H3. The Morgan fingerprint density at radius 2 is 1.02 bits per heavy atom. The van der Waals surface area contributed by atoms with Crippen LogP contribution in [0.4, 0.5) is 0 Å². The van der Waals surface area contributed by atoms with E-state index in [0.29, 0.717) is 13.0 Å². The maximum absolute atomic E-state index is 12.6. The van der Waals surface area contributed by atoms with Crippen LogP contribution in [-0.2, 0) is 19.0 Å². The van der Waals surface area contributed by atoms with Crippen LogP contribution in [0, 0.1) is 11.8 Å². The fourth-order valence-electron chi connectivity index (χ4n) is 6.69. The summed E-state index contributed by atoms with van der Waals surface area (Å²) < 4.78 is 17.2. The lowest BCUT2D eigenvalue weighted by atomic mass is 9.96. The highest BCUT2D eigenvalue weighted by molar-refractivity contribution is 5.69. The Morgan fingerprint density at radius 3 is 1.54 bits per heavy atom. The molecule has 1 aliphatic carbocycles. The van der Waals surface area contributed by atoms with Gasteiger partial charge in [0.2, 0.25) is 0 Å². The summed E-state index contributed by atoms with van der Waals surface area (Å²) in [5.41, 5.74) is 0. The molecule has 286 valence electrons. The minimum Gasteiger partial charge on any atom is -0.457 e. The zero-order valence-corrected chi connectivity index (χ0v) is 31.6. The first-order valence-corrected chi connectivity index (χ1v) is 20.3. The second kappa shape index (κ2) is 29.9. The number of aliphatic hydroxyl groups excluding tert-OH is 4. The molecule has 1 rings (SSSR count). The molecule has 0 bridgehead atoms. The zero-order chi connectivity index (χ0) is 35.4. The normalized spacial score (nSPS) is 22.4. The third-order valence-corrected chi connectivity index (χ3v) is 10.00. The Hall–Kier alpha value is -0.770. The van der Waals surface area contributed by atoms with Gasteiger partial charge in [0.1, 0.15) is 36.6 Å². The van der Waals surface area contributed by atoms with Crippen LogP contribution in [0.5, 0.6) is 0 Å². The molecule has 0 aromatic carbocycles. The van der Waals surface area contributed by atoms with Gasteiger partial charge in [0.05, 0.1) is 13.2 Å². The Kier molecular flexibility index (Phi) is 28.2. The van der Waals surface area contributed by atoms with E-state index in [1.165, 1.54) is 116 Å². The summed E-state index contributed by atoms with van der Waals surface area (Å²) in [5, 5.41) is 40.1. The molecule has 0 heterocycles. The molecule has 6 atom stereocenters. The lowest BCUT2D eigenvalue weighted by molar-refractivity contribution is -0.163. The first kappa shape index (κ1) is 45.3. The van der Waals surface area contributed by atoms with Crippen LogP contribution in [-0.4, -0.2) is 82.8 Å². The van der Waals surface area contributed by atoms with Crippen molar-refractivity contribution in [3.05, 3.63) is 0 Å². The highest BCUT2D eigenvalue weighted by Crippen LogP contribution is 2.25. The number of rotatable bonds is 33. The van der Waals surface area contributed by atoms with E-state index in [1.807, 2.05) is 0 Å². The number of carbonyl (C=O) groups is 1. The number of ether oxygens (including phenoxy) is 3. The highest BCUT2D eigenvalue weighted by atomic mass is 16.6. The van der Waals surface area contributed by atoms with Gasteiger partial charge in [-0.05, 0) is 24.7 Å². The molecule has 0 aromatic heterocycles. The van der Waals surface area contributed by atoms with E-state index >= 15 is 0 Å². The molecule has 0 aliphatic heterocycles. The average Bonchev–Trinajstić information content (AvgIpc) is 3.24. The summed E-state index contributed by atoms with van der Waals surface area (Å²) in [4.78, 5) is 12.6. The van der Waals surface area contributed by atoms with E-state index in [2.05, 4.69) is 27.7 Å². The van der Waals surface area contributed by atoms with Crippen LogP contribution in [0.3, 0.4) is 0 Å². The summed E-state index contributed by atoms with van der Waals surface area (Å²) in [7, 11) is 0. The van der Waals surface area contributed by atoms with Crippen LogP contribution in [0.15, 0.2) is 0 Å². The van der Waals surface area contributed by atoms with Gasteiger partial charge in [-0.1, -0.05) is 163 Å². The number of hydrogen-bond donors (Lipinski definition) is 4. The summed E-state index contributed by atoms with van der Waals surface area (Å²) in [6.07, 6.45) is 21.2. The summed E-state index contributed by atoms with van der Waals surface area (Å²) in [6, 6.07) is 0. The Morgan fingerprint density at radius 1 is 0.562 bits per heavy atom. The molecular formula is C40H78O8. The van der Waals surface area contributed by atoms with Crippen molar-refractivity contribution in [3.8, 4) is 0 Å². The van der Waals surface area contributed by atoms with E-state index in [9.17, 15) is 25.2 Å². The van der Waals surface area contributed by atoms with Gasteiger partial charge >= 0.3 is 5.97 Å². The second-order valence-corrected chi connectivity index (χ2v) is 15.3. The molecule has 0 spiro atoms. The number of esters is 1. The molecule has 48 heavy (non-hydrogen) atoms. The van der Waals surface area contributed by atoms with Gasteiger partial charge in [-0.2, -0.15) is 0 Å². The van der Waals surface area contributed by atoms with E-state index in [1.54, 1.807) is 0 Å². The van der Waals surface area contributed by atoms with Gasteiger partial charge in [-0.25, -0.2) is 0 Å². The molecule has 0 saturated heterocycles. The summed E-state index contributed by atoms with van der Waals surface area (Å²) in [6.45, 7) is 9.85. The molecule has 6 unspecified atom stereocenters. The van der Waals surface area contributed by atoms with Crippen LogP contribution < -0.4 is 0 Å². The van der Waals surface area contributed by atoms with Crippen molar-refractivity contribution in [2.75, 3.05) is 19.8 Å². The molecule has 8 nitrogen and oxygen atoms in total. The van der Waals surface area contributed by atoms with Crippen molar-refractivity contribution < 1.29 is 39.4 Å². The average molecular weight is 687 g/mol. The SMILES string of the molecule is CCCCCCC(C)CCCCCCCCCOCC(COC1C(O)C(O)C(O)C1O)OC(=O)CCCCCCCCCCCC(C)C. The number of carbonyl (C=O) groups excluding carboxylic acids is 1. The molecule has 4 N–H and O–H groups in total. The lowest BCUT2D eigenvalue weighted by Gasteiger charge is -2.24. The van der Waals surface area contributed by atoms with E-state index < -0.39 is 36.6 Å². The van der Waals surface area contributed by atoms with Gasteiger partial charge < -0.3 is 34.6 Å². The van der Waals surface area contributed by atoms with Gasteiger partial charge in [-0.15, -0.1) is 0 Å². The van der Waals surface area contributed by atoms with Crippen molar-refractivity contribution in [2.24, 2.45) is 11.8 Å². The van der Waals surface area contributed by atoms with Crippen molar-refractivity contribution in [1.82, 2.24) is 0 Å². The molecule has 1 aliphatic rings. The lowest BCUT2D eigenvalue weighted by Crippen LogP contribution is -2.39. The number of unbranched alkanes of at least 4 members (excludes halogenated alkanes) is 17. The monoisotopic (exact) mass is 687 g/mol. The smallest absolute Gasteiger partial charge is 0.306 e. The molecule has 0 radical (unpaired) electrons. The third kappa shape index (κ3) is 22.8. The van der Waals surface area contributed by atoms with Crippen LogP contribution in [0.1, 0.15) is 182 Å². The second-order valence-electron chi connectivity index (χ2n) is 15.3. The van der Waals surface area contributed by atoms with Crippen molar-refractivity contribution in [3.63, 3.8) is 0 Å². The fourth-order valence-corrected chi connectivity index (χ4v) is 6.69. The van der Waals surface area contributed by atoms with Gasteiger partial charge in [0, 0.05) is 13.0 Å². The Balaban J connectivity index is 2.24. The molecule has 0 aromatic rings. The molecular weight excluding hydrogens is 608 g/mol. The van der Waals surface area contributed by atoms with Crippen molar-refractivity contribution in [2.45, 2.75) is 218 Å². The van der Waals surface area contributed by atoms with Gasteiger partial charge in [-0.3, -0.25) is 4.79 Å². The molecule has 1 fully saturated rings. The maximum atomic E-state index is 12.6. The fraction of sp³-hybridized carbons (Fsp3) is 0.975. The van der Waals surface area contributed by atoms with E-state index in [-0.39, 0.29) is 19.2 Å². The van der Waals surface area contributed by atoms with Crippen molar-refractivity contribution >= 4 is 5.97 Å². The Labute approximate surface area is 295 Å². The molecule has 0 amide bonds. The van der Waals surface area contributed by atoms with Crippen LogP contribution in [0.25, 0.3) is 0 Å². The summed E-state index contributed by atoms with van der Waals surface area (Å²) in [5.74, 6) is 1.34. The minimum atomic E-state index is -1.49. The zero-order valence-electron chi connectivity index (χ0n) is 31.6. The first-order valence-electron chi connectivity index (χ1n) is 20.3. The topological polar surface area (TPSA) is 126 Å². The predicted molar refractivity (Wildman–Crippen MR) is 195 cm³/mol. The molecule has 8 heteroatoms. The third-order valence-electron chi connectivity index (χ3n) is 10.00. The Bertz CT molecular complexity index is 720. The first-order chi connectivity index (χ1) is 23.2. The summed E-state index contributed by atoms with van der Waals surface area (Å²) >= 11 is 0. The predicted octanol–water partition coefficient (Wildman–Crippen LogP) is 8.43. The van der Waals surface area contributed by atoms with Gasteiger partial charge in [0.15, 0.2) is 0 Å². The van der Waals surface area contributed by atoms with E-state index in [0.717, 1.165) is 43.9 Å². The number of aliphatic hydroxyl groups is 4. The highest BCUT2D eigenvalue weighted by Gasteiger charge is 2.49. The molecule has 1 saturated carbocycles. The van der Waals surface area contributed by atoms with Crippen LogP contribution >= 0.6 is 0 Å². The maximum Gasteiger partial charge on any atom is 0.306 e. The van der Waals surface area contributed by atoms with Gasteiger partial charge in [0.25, 0.3) is 0 Å². The van der Waals surface area contributed by atoms with E-state index in [4.69, 9.17) is 14.2 Å². The largest absolute Gasteiger partial charge is 0.457 e. The van der Waals surface area contributed by atoms with Crippen molar-refractivity contribution in [1.29, 1.82) is 0 Å². The van der Waals surface area contributed by atoms with Crippen LogP contribution in [0.2, 0.25) is 0 Å². The quantitative estimate of drug-likeness (QED) is 0.0401. The minimum absolute atomic E-state index is 0.0987.